The first kappa shape index (κ1) is 12.9. The molecule has 1 fully saturated rings. The zero-order valence-corrected chi connectivity index (χ0v) is 11.3. The fourth-order valence-electron chi connectivity index (χ4n) is 3.07. The summed E-state index contributed by atoms with van der Waals surface area (Å²) in [7, 11) is 0. The maximum atomic E-state index is 8.76. The maximum absolute atomic E-state index is 8.76. The Balaban J connectivity index is 1.99. The van der Waals surface area contributed by atoms with Gasteiger partial charge < -0.3 is 4.90 Å². The molecule has 96 valence electrons. The molecule has 18 heavy (non-hydrogen) atoms. The summed E-state index contributed by atoms with van der Waals surface area (Å²) >= 11 is 0. The lowest BCUT2D eigenvalue weighted by atomic mass is 9.72. The SMILES string of the molecule is CCCC1(CCC)CN(c2ccc(C#N)cn2)C1. The second-order valence-electron chi connectivity index (χ2n) is 5.37. The summed E-state index contributed by atoms with van der Waals surface area (Å²) < 4.78 is 0. The van der Waals surface area contributed by atoms with E-state index in [1.165, 1.54) is 25.7 Å². The van der Waals surface area contributed by atoms with Crippen molar-refractivity contribution in [3.63, 3.8) is 0 Å². The van der Waals surface area contributed by atoms with Gasteiger partial charge in [0.2, 0.25) is 0 Å². The van der Waals surface area contributed by atoms with Crippen molar-refractivity contribution < 1.29 is 0 Å². The van der Waals surface area contributed by atoms with Crippen LogP contribution in [0, 0.1) is 16.7 Å². The third-order valence-corrected chi connectivity index (χ3v) is 3.81. The van der Waals surface area contributed by atoms with Gasteiger partial charge in [0.05, 0.1) is 5.56 Å². The molecule has 0 amide bonds. The molecule has 2 rings (SSSR count). The van der Waals surface area contributed by atoms with E-state index in [1.807, 2.05) is 12.1 Å². The first-order valence-electron chi connectivity index (χ1n) is 6.84. The topological polar surface area (TPSA) is 39.9 Å². The molecule has 0 bridgehead atoms. The Morgan fingerprint density at radius 2 is 1.94 bits per heavy atom. The van der Waals surface area contributed by atoms with Crippen LogP contribution in [0.4, 0.5) is 5.82 Å². The minimum absolute atomic E-state index is 0.513. The van der Waals surface area contributed by atoms with Crippen LogP contribution >= 0.6 is 0 Å². The predicted octanol–water partition coefficient (Wildman–Crippen LogP) is 3.36. The Hall–Kier alpha value is -1.56. The zero-order chi connectivity index (χ0) is 13.0. The lowest BCUT2D eigenvalue weighted by molar-refractivity contribution is 0.172. The van der Waals surface area contributed by atoms with Gasteiger partial charge in [-0.05, 0) is 25.0 Å². The number of hydrogen-bond donors (Lipinski definition) is 0. The summed E-state index contributed by atoms with van der Waals surface area (Å²) in [6.45, 7) is 6.77. The Morgan fingerprint density at radius 3 is 2.39 bits per heavy atom. The van der Waals surface area contributed by atoms with Crippen molar-refractivity contribution in [3.8, 4) is 6.07 Å². The normalized spacial score (nSPS) is 17.1. The van der Waals surface area contributed by atoms with Crippen molar-refractivity contribution >= 4 is 5.82 Å². The van der Waals surface area contributed by atoms with Crippen molar-refractivity contribution in [2.45, 2.75) is 39.5 Å². The van der Waals surface area contributed by atoms with Gasteiger partial charge in [0.1, 0.15) is 11.9 Å². The molecule has 1 aliphatic heterocycles. The number of rotatable bonds is 5. The van der Waals surface area contributed by atoms with Crippen LogP contribution in [-0.4, -0.2) is 18.1 Å². The fraction of sp³-hybridized carbons (Fsp3) is 0.600. The molecule has 0 spiro atoms. The molecular weight excluding hydrogens is 222 g/mol. The van der Waals surface area contributed by atoms with Crippen LogP contribution in [0.1, 0.15) is 45.1 Å². The molecular formula is C15H21N3. The first-order valence-corrected chi connectivity index (χ1v) is 6.84. The fourth-order valence-corrected chi connectivity index (χ4v) is 3.07. The predicted molar refractivity (Wildman–Crippen MR) is 73.4 cm³/mol. The average molecular weight is 243 g/mol. The Labute approximate surface area is 109 Å². The molecule has 3 nitrogen and oxygen atoms in total. The lowest BCUT2D eigenvalue weighted by Gasteiger charge is -2.51. The molecule has 0 saturated carbocycles. The van der Waals surface area contributed by atoms with E-state index in [0.29, 0.717) is 11.0 Å². The Bertz CT molecular complexity index is 416. The van der Waals surface area contributed by atoms with Crippen molar-refractivity contribution in [1.82, 2.24) is 4.98 Å². The third-order valence-electron chi connectivity index (χ3n) is 3.81. The summed E-state index contributed by atoms with van der Waals surface area (Å²) in [4.78, 5) is 6.69. The largest absolute Gasteiger partial charge is 0.355 e. The van der Waals surface area contributed by atoms with Crippen LogP contribution in [0.3, 0.4) is 0 Å². The molecule has 0 unspecified atom stereocenters. The summed E-state index contributed by atoms with van der Waals surface area (Å²) in [5, 5.41) is 8.76. The number of nitriles is 1. The lowest BCUT2D eigenvalue weighted by Crippen LogP contribution is -2.56. The summed E-state index contributed by atoms with van der Waals surface area (Å²) in [6, 6.07) is 5.91. The molecule has 1 aromatic rings. The van der Waals surface area contributed by atoms with E-state index in [1.54, 1.807) is 6.20 Å². The van der Waals surface area contributed by atoms with Gasteiger partial charge in [-0.2, -0.15) is 5.26 Å². The second-order valence-corrected chi connectivity index (χ2v) is 5.37. The number of pyridine rings is 1. The van der Waals surface area contributed by atoms with Gasteiger partial charge in [0, 0.05) is 24.7 Å². The van der Waals surface area contributed by atoms with Crippen LogP contribution in [0.25, 0.3) is 0 Å². The quantitative estimate of drug-likeness (QED) is 0.796. The molecule has 3 heteroatoms. The van der Waals surface area contributed by atoms with Gasteiger partial charge in [-0.1, -0.05) is 26.7 Å². The molecule has 0 atom stereocenters. The first-order chi connectivity index (χ1) is 8.73. The number of nitrogens with zero attached hydrogens (tertiary/aromatic N) is 3. The Kier molecular flexibility index (Phi) is 3.86. The van der Waals surface area contributed by atoms with E-state index in [-0.39, 0.29) is 0 Å². The number of anilines is 1. The zero-order valence-electron chi connectivity index (χ0n) is 11.3. The highest BCUT2D eigenvalue weighted by molar-refractivity contribution is 5.45. The van der Waals surface area contributed by atoms with E-state index in [4.69, 9.17) is 5.26 Å². The van der Waals surface area contributed by atoms with Gasteiger partial charge >= 0.3 is 0 Å². The van der Waals surface area contributed by atoms with E-state index in [2.05, 4.69) is 29.8 Å². The van der Waals surface area contributed by atoms with Gasteiger partial charge in [-0.15, -0.1) is 0 Å². The van der Waals surface area contributed by atoms with Gasteiger partial charge in [-0.25, -0.2) is 4.98 Å². The van der Waals surface area contributed by atoms with E-state index in [9.17, 15) is 0 Å². The van der Waals surface area contributed by atoms with E-state index in [0.717, 1.165) is 18.9 Å². The molecule has 0 N–H and O–H groups in total. The second kappa shape index (κ2) is 5.39. The van der Waals surface area contributed by atoms with Crippen LogP contribution in [0.5, 0.6) is 0 Å². The molecule has 0 aliphatic carbocycles. The van der Waals surface area contributed by atoms with Gasteiger partial charge in [-0.3, -0.25) is 0 Å². The average Bonchev–Trinajstić information content (AvgIpc) is 2.36. The van der Waals surface area contributed by atoms with Crippen LogP contribution in [-0.2, 0) is 0 Å². The summed E-state index contributed by atoms with van der Waals surface area (Å²) in [5.74, 6) is 1.01. The maximum Gasteiger partial charge on any atom is 0.128 e. The highest BCUT2D eigenvalue weighted by Gasteiger charge is 2.41. The van der Waals surface area contributed by atoms with Crippen LogP contribution in [0.2, 0.25) is 0 Å². The molecule has 1 aliphatic rings. The summed E-state index contributed by atoms with van der Waals surface area (Å²) in [6.07, 6.45) is 6.81. The standard InChI is InChI=1S/C15H21N3/c1-3-7-15(8-4-2)11-18(12-15)14-6-5-13(9-16)10-17-14/h5-6,10H,3-4,7-8,11-12H2,1-2H3. The monoisotopic (exact) mass is 243 g/mol. The highest BCUT2D eigenvalue weighted by Crippen LogP contribution is 2.41. The Morgan fingerprint density at radius 1 is 1.28 bits per heavy atom. The molecule has 0 radical (unpaired) electrons. The van der Waals surface area contributed by atoms with Crippen LogP contribution in [0.15, 0.2) is 18.3 Å². The van der Waals surface area contributed by atoms with E-state index < -0.39 is 0 Å². The summed E-state index contributed by atoms with van der Waals surface area (Å²) in [5.41, 5.74) is 1.15. The van der Waals surface area contributed by atoms with Crippen LogP contribution < -0.4 is 4.90 Å². The molecule has 1 aromatic heterocycles. The van der Waals surface area contributed by atoms with Gasteiger partial charge in [0.15, 0.2) is 0 Å². The molecule has 0 aromatic carbocycles. The van der Waals surface area contributed by atoms with Crippen molar-refractivity contribution in [2.75, 3.05) is 18.0 Å². The minimum atomic E-state index is 0.513. The van der Waals surface area contributed by atoms with E-state index >= 15 is 0 Å². The van der Waals surface area contributed by atoms with Gasteiger partial charge in [0.25, 0.3) is 0 Å². The van der Waals surface area contributed by atoms with Crippen molar-refractivity contribution in [1.29, 1.82) is 5.26 Å². The molecule has 2 heterocycles. The third kappa shape index (κ3) is 2.48. The van der Waals surface area contributed by atoms with Crippen molar-refractivity contribution in [3.05, 3.63) is 23.9 Å². The van der Waals surface area contributed by atoms with Crippen molar-refractivity contribution in [2.24, 2.45) is 5.41 Å². The number of hydrogen-bond acceptors (Lipinski definition) is 3. The smallest absolute Gasteiger partial charge is 0.128 e. The molecule has 1 saturated heterocycles. The number of aromatic nitrogens is 1. The highest BCUT2D eigenvalue weighted by atomic mass is 15.3. The minimum Gasteiger partial charge on any atom is -0.355 e.